The van der Waals surface area contributed by atoms with Crippen LogP contribution in [0.1, 0.15) is 61.5 Å². The molecule has 2 fully saturated rings. The summed E-state index contributed by atoms with van der Waals surface area (Å²) in [6.45, 7) is 5.97. The van der Waals surface area contributed by atoms with Crippen LogP contribution in [0, 0.1) is 13.8 Å². The van der Waals surface area contributed by atoms with Crippen molar-refractivity contribution in [2.75, 3.05) is 6.61 Å². The van der Waals surface area contributed by atoms with E-state index in [0.29, 0.717) is 12.5 Å². The number of carbonyl (C=O) groups excluding carboxylic acids is 1. The van der Waals surface area contributed by atoms with Crippen molar-refractivity contribution in [2.24, 2.45) is 0 Å². The van der Waals surface area contributed by atoms with Crippen molar-refractivity contribution in [3.05, 3.63) is 17.0 Å². The minimum absolute atomic E-state index is 0.141. The summed E-state index contributed by atoms with van der Waals surface area (Å²) in [5.74, 6) is 0.164. The molecule has 21 heavy (non-hydrogen) atoms. The molecular formula is C16H25N3O2. The summed E-state index contributed by atoms with van der Waals surface area (Å²) in [7, 11) is 0. The van der Waals surface area contributed by atoms with E-state index in [0.717, 1.165) is 38.1 Å². The van der Waals surface area contributed by atoms with Gasteiger partial charge in [0.25, 0.3) is 0 Å². The zero-order valence-electron chi connectivity index (χ0n) is 13.0. The lowest BCUT2D eigenvalue weighted by molar-refractivity contribution is -0.123. The van der Waals surface area contributed by atoms with Gasteiger partial charge in [-0.3, -0.25) is 9.48 Å². The molecule has 0 aliphatic carbocycles. The third-order valence-corrected chi connectivity index (χ3v) is 4.70. The van der Waals surface area contributed by atoms with Gasteiger partial charge in [0.05, 0.1) is 17.8 Å². The fourth-order valence-corrected chi connectivity index (χ4v) is 3.59. The summed E-state index contributed by atoms with van der Waals surface area (Å²) in [6.07, 6.45) is 6.42. The van der Waals surface area contributed by atoms with Crippen LogP contribution < -0.4 is 5.32 Å². The maximum Gasteiger partial charge on any atom is 0.220 e. The topological polar surface area (TPSA) is 56.2 Å². The van der Waals surface area contributed by atoms with Crippen LogP contribution in [0.5, 0.6) is 0 Å². The lowest BCUT2D eigenvalue weighted by Crippen LogP contribution is -2.33. The van der Waals surface area contributed by atoms with Crippen molar-refractivity contribution in [2.45, 2.75) is 71.1 Å². The third kappa shape index (κ3) is 3.12. The Balaban J connectivity index is 1.71. The largest absolute Gasteiger partial charge is 0.378 e. The molecule has 0 radical (unpaired) electrons. The Morgan fingerprint density at radius 3 is 2.90 bits per heavy atom. The van der Waals surface area contributed by atoms with Gasteiger partial charge in [-0.25, -0.2) is 0 Å². The van der Waals surface area contributed by atoms with Crippen molar-refractivity contribution in [3.8, 4) is 0 Å². The summed E-state index contributed by atoms with van der Waals surface area (Å²) in [5.41, 5.74) is 3.46. The predicted molar refractivity (Wildman–Crippen MR) is 80.0 cm³/mol. The third-order valence-electron chi connectivity index (χ3n) is 4.70. The van der Waals surface area contributed by atoms with Crippen molar-refractivity contribution in [1.29, 1.82) is 0 Å². The van der Waals surface area contributed by atoms with E-state index in [1.54, 1.807) is 0 Å². The molecule has 116 valence electrons. The predicted octanol–water partition coefficient (Wildman–Crippen LogP) is 2.41. The zero-order chi connectivity index (χ0) is 14.8. The molecule has 2 saturated heterocycles. The monoisotopic (exact) mass is 291 g/mol. The lowest BCUT2D eigenvalue weighted by atomic mass is 9.96. The SMILES string of the molecule is Cc1nn(CC[C@H]2CCCO2)c(C)c1[C@@H]1CCCC(=O)N1. The molecule has 3 rings (SSSR count). The smallest absolute Gasteiger partial charge is 0.220 e. The van der Waals surface area contributed by atoms with Gasteiger partial charge < -0.3 is 10.1 Å². The summed E-state index contributed by atoms with van der Waals surface area (Å²) >= 11 is 0. The Morgan fingerprint density at radius 1 is 1.33 bits per heavy atom. The van der Waals surface area contributed by atoms with Crippen LogP contribution in [0.25, 0.3) is 0 Å². The molecule has 0 aromatic carbocycles. The van der Waals surface area contributed by atoms with E-state index in [1.807, 2.05) is 6.92 Å². The molecule has 0 bridgehead atoms. The van der Waals surface area contributed by atoms with E-state index in [4.69, 9.17) is 4.74 Å². The quantitative estimate of drug-likeness (QED) is 0.927. The lowest BCUT2D eigenvalue weighted by Gasteiger charge is -2.24. The molecule has 3 heterocycles. The molecule has 5 heteroatoms. The number of hydrogen-bond acceptors (Lipinski definition) is 3. The first-order chi connectivity index (χ1) is 10.1. The maximum absolute atomic E-state index is 11.6. The first-order valence-electron chi connectivity index (χ1n) is 8.10. The van der Waals surface area contributed by atoms with Crippen molar-refractivity contribution >= 4 is 5.91 Å². The summed E-state index contributed by atoms with van der Waals surface area (Å²) in [6, 6.07) is 0.141. The van der Waals surface area contributed by atoms with Crippen LogP contribution in [0.2, 0.25) is 0 Å². The molecule has 2 atom stereocenters. The highest BCUT2D eigenvalue weighted by atomic mass is 16.5. The number of rotatable bonds is 4. The zero-order valence-corrected chi connectivity index (χ0v) is 13.0. The number of nitrogens with zero attached hydrogens (tertiary/aromatic N) is 2. The molecule has 0 saturated carbocycles. The molecule has 1 amide bonds. The second kappa shape index (κ2) is 6.18. The Labute approximate surface area is 126 Å². The van der Waals surface area contributed by atoms with E-state index >= 15 is 0 Å². The fraction of sp³-hybridized carbons (Fsp3) is 0.750. The van der Waals surface area contributed by atoms with Gasteiger partial charge in [0.15, 0.2) is 0 Å². The number of hydrogen-bond donors (Lipinski definition) is 1. The standard InChI is InChI=1S/C16H25N3O2/c1-11-16(14-6-3-7-15(20)17-14)12(2)19(18-11)9-8-13-5-4-10-21-13/h13-14H,3-10H2,1-2H3,(H,17,20)/t13-,14+/m1/s1. The van der Waals surface area contributed by atoms with Crippen LogP contribution in [-0.2, 0) is 16.1 Å². The van der Waals surface area contributed by atoms with Gasteiger partial charge in [-0.05, 0) is 46.0 Å². The second-order valence-corrected chi connectivity index (χ2v) is 6.24. The Bertz CT molecular complexity index is 518. The average Bonchev–Trinajstić information content (AvgIpc) is 3.05. The van der Waals surface area contributed by atoms with E-state index in [2.05, 4.69) is 22.0 Å². The number of aromatic nitrogens is 2. The Hall–Kier alpha value is -1.36. The summed E-state index contributed by atoms with van der Waals surface area (Å²) in [5, 5.41) is 7.79. The van der Waals surface area contributed by atoms with Crippen LogP contribution in [0.3, 0.4) is 0 Å². The van der Waals surface area contributed by atoms with Gasteiger partial charge in [-0.15, -0.1) is 0 Å². The van der Waals surface area contributed by atoms with Gasteiger partial charge in [0, 0.05) is 30.8 Å². The molecule has 0 unspecified atom stereocenters. The van der Waals surface area contributed by atoms with Gasteiger partial charge in [-0.1, -0.05) is 0 Å². The Kier molecular flexibility index (Phi) is 4.29. The maximum atomic E-state index is 11.6. The first-order valence-corrected chi connectivity index (χ1v) is 8.10. The Morgan fingerprint density at radius 2 is 2.19 bits per heavy atom. The van der Waals surface area contributed by atoms with Crippen molar-refractivity contribution in [3.63, 3.8) is 0 Å². The minimum atomic E-state index is 0.141. The van der Waals surface area contributed by atoms with Gasteiger partial charge >= 0.3 is 0 Å². The molecule has 0 spiro atoms. The molecule has 5 nitrogen and oxygen atoms in total. The van der Waals surface area contributed by atoms with E-state index in [9.17, 15) is 4.79 Å². The highest BCUT2D eigenvalue weighted by molar-refractivity contribution is 5.77. The van der Waals surface area contributed by atoms with E-state index in [1.165, 1.54) is 24.1 Å². The number of ether oxygens (including phenoxy) is 1. The normalized spacial score (nSPS) is 26.1. The molecule has 1 aromatic rings. The van der Waals surface area contributed by atoms with Gasteiger partial charge in [0.1, 0.15) is 0 Å². The van der Waals surface area contributed by atoms with Crippen LogP contribution in [-0.4, -0.2) is 28.4 Å². The minimum Gasteiger partial charge on any atom is -0.378 e. The number of nitrogens with one attached hydrogen (secondary N) is 1. The summed E-state index contributed by atoms with van der Waals surface area (Å²) < 4.78 is 7.77. The number of carbonyl (C=O) groups is 1. The van der Waals surface area contributed by atoms with Crippen molar-refractivity contribution < 1.29 is 9.53 Å². The van der Waals surface area contributed by atoms with Crippen LogP contribution in [0.4, 0.5) is 0 Å². The average molecular weight is 291 g/mol. The highest BCUT2D eigenvalue weighted by Gasteiger charge is 2.26. The first kappa shape index (κ1) is 14.6. The molecule has 1 N–H and O–H groups in total. The van der Waals surface area contributed by atoms with Crippen LogP contribution >= 0.6 is 0 Å². The van der Waals surface area contributed by atoms with E-state index < -0.39 is 0 Å². The molecule has 1 aromatic heterocycles. The molecular weight excluding hydrogens is 266 g/mol. The number of aryl methyl sites for hydroxylation is 2. The van der Waals surface area contributed by atoms with E-state index in [-0.39, 0.29) is 11.9 Å². The highest BCUT2D eigenvalue weighted by Crippen LogP contribution is 2.29. The summed E-state index contributed by atoms with van der Waals surface area (Å²) in [4.78, 5) is 11.6. The molecule has 2 aliphatic rings. The van der Waals surface area contributed by atoms with Crippen molar-refractivity contribution in [1.82, 2.24) is 15.1 Å². The fourth-order valence-electron chi connectivity index (χ4n) is 3.59. The van der Waals surface area contributed by atoms with Gasteiger partial charge in [-0.2, -0.15) is 5.10 Å². The van der Waals surface area contributed by atoms with Crippen LogP contribution in [0.15, 0.2) is 0 Å². The molecule has 2 aliphatic heterocycles. The number of amides is 1. The second-order valence-electron chi connectivity index (χ2n) is 6.24. The number of piperidine rings is 1. The van der Waals surface area contributed by atoms with Gasteiger partial charge in [0.2, 0.25) is 5.91 Å².